The fourth-order valence-corrected chi connectivity index (χ4v) is 6.42. The molecule has 208 valence electrons. The summed E-state index contributed by atoms with van der Waals surface area (Å²) in [6.45, 7) is 9.42. The molecule has 1 aromatic heterocycles. The first-order valence-corrected chi connectivity index (χ1v) is 15.4. The maximum atomic E-state index is 13.4. The first-order valence-electron chi connectivity index (χ1n) is 14.2. The van der Waals surface area contributed by atoms with Crippen molar-refractivity contribution in [2.45, 2.75) is 91.5 Å². The summed E-state index contributed by atoms with van der Waals surface area (Å²) >= 11 is 6.89. The second kappa shape index (κ2) is 15.4. The van der Waals surface area contributed by atoms with Crippen LogP contribution >= 0.6 is 24.0 Å². The molecule has 0 spiro atoms. The number of ether oxygens (including phenoxy) is 1. The Balaban J connectivity index is 1.71. The van der Waals surface area contributed by atoms with Crippen LogP contribution in [0, 0.1) is 18.3 Å². The van der Waals surface area contributed by atoms with Gasteiger partial charge in [0.25, 0.3) is 11.5 Å². The van der Waals surface area contributed by atoms with Gasteiger partial charge >= 0.3 is 0 Å². The Kier molecular flexibility index (Phi) is 12.4. The van der Waals surface area contributed by atoms with E-state index in [1.807, 2.05) is 13.0 Å². The molecule has 3 rings (SSSR count). The lowest BCUT2D eigenvalue weighted by Gasteiger charge is -2.33. The Morgan fingerprint density at radius 2 is 1.61 bits per heavy atom. The van der Waals surface area contributed by atoms with E-state index in [9.17, 15) is 14.9 Å². The van der Waals surface area contributed by atoms with Crippen molar-refractivity contribution in [2.75, 3.05) is 37.7 Å². The molecule has 2 aliphatic heterocycles. The minimum Gasteiger partial charge on any atom is -0.378 e. The SMILES string of the molecule is CCCCCCCCCCCCN1C(=O)/C(=C\c2c(C)c(C#N)c(=O)n(CC)c2N2CCOCC2)SC1=S. The van der Waals surface area contributed by atoms with Crippen LogP contribution in [0.4, 0.5) is 5.82 Å². The number of thiocarbonyl (C=S) groups is 1. The number of morpholine rings is 1. The van der Waals surface area contributed by atoms with Gasteiger partial charge in [0, 0.05) is 31.7 Å². The average molecular weight is 559 g/mol. The lowest BCUT2D eigenvalue weighted by atomic mass is 10.0. The number of pyridine rings is 1. The van der Waals surface area contributed by atoms with E-state index in [2.05, 4.69) is 17.9 Å². The van der Waals surface area contributed by atoms with Gasteiger partial charge in [0.15, 0.2) is 0 Å². The monoisotopic (exact) mass is 558 g/mol. The topological polar surface area (TPSA) is 78.6 Å². The van der Waals surface area contributed by atoms with Crippen LogP contribution in [0.5, 0.6) is 0 Å². The number of carbonyl (C=O) groups is 1. The number of thioether (sulfide) groups is 1. The van der Waals surface area contributed by atoms with Crippen molar-refractivity contribution < 1.29 is 9.53 Å². The van der Waals surface area contributed by atoms with Crippen molar-refractivity contribution in [1.82, 2.24) is 9.47 Å². The van der Waals surface area contributed by atoms with E-state index in [1.165, 1.54) is 63.1 Å². The van der Waals surface area contributed by atoms with Crippen molar-refractivity contribution in [3.63, 3.8) is 0 Å². The van der Waals surface area contributed by atoms with Crippen LogP contribution < -0.4 is 10.5 Å². The molecule has 7 nitrogen and oxygen atoms in total. The lowest BCUT2D eigenvalue weighted by Crippen LogP contribution is -2.41. The van der Waals surface area contributed by atoms with E-state index in [1.54, 1.807) is 16.4 Å². The summed E-state index contributed by atoms with van der Waals surface area (Å²) < 4.78 is 7.75. The minimum absolute atomic E-state index is 0.0870. The van der Waals surface area contributed by atoms with Gasteiger partial charge in [0.1, 0.15) is 21.8 Å². The van der Waals surface area contributed by atoms with Crippen molar-refractivity contribution in [3.05, 3.63) is 31.9 Å². The highest BCUT2D eigenvalue weighted by molar-refractivity contribution is 8.26. The second-order valence-corrected chi connectivity index (χ2v) is 11.7. The third kappa shape index (κ3) is 7.49. The van der Waals surface area contributed by atoms with Crippen LogP contribution in [0.2, 0.25) is 0 Å². The summed E-state index contributed by atoms with van der Waals surface area (Å²) in [6, 6.07) is 2.09. The molecule has 38 heavy (non-hydrogen) atoms. The first kappa shape index (κ1) is 30.4. The number of hydrogen-bond acceptors (Lipinski definition) is 7. The van der Waals surface area contributed by atoms with Gasteiger partial charge < -0.3 is 9.64 Å². The summed E-state index contributed by atoms with van der Waals surface area (Å²) in [4.78, 5) is 30.9. The molecule has 0 atom stereocenters. The molecule has 0 bridgehead atoms. The molecule has 2 saturated heterocycles. The van der Waals surface area contributed by atoms with Crippen molar-refractivity contribution in [2.24, 2.45) is 0 Å². The van der Waals surface area contributed by atoms with Gasteiger partial charge in [-0.2, -0.15) is 5.26 Å². The van der Waals surface area contributed by atoms with Crippen LogP contribution in [0.15, 0.2) is 9.70 Å². The summed E-state index contributed by atoms with van der Waals surface area (Å²) in [7, 11) is 0. The second-order valence-electron chi connectivity index (χ2n) is 10.0. The predicted octanol–water partition coefficient (Wildman–Crippen LogP) is 6.01. The Labute approximate surface area is 237 Å². The van der Waals surface area contributed by atoms with E-state index in [0.717, 1.165) is 24.2 Å². The average Bonchev–Trinajstić information content (AvgIpc) is 3.19. The predicted molar refractivity (Wildman–Crippen MR) is 161 cm³/mol. The van der Waals surface area contributed by atoms with E-state index in [4.69, 9.17) is 17.0 Å². The molecular formula is C29H42N4O3S2. The molecule has 2 aliphatic rings. The molecule has 0 N–H and O–H groups in total. The molecule has 1 amide bonds. The highest BCUT2D eigenvalue weighted by atomic mass is 32.2. The molecule has 0 radical (unpaired) electrons. The minimum atomic E-state index is -0.292. The summed E-state index contributed by atoms with van der Waals surface area (Å²) in [5, 5.41) is 9.75. The van der Waals surface area contributed by atoms with Crippen LogP contribution in [0.3, 0.4) is 0 Å². The molecule has 0 unspecified atom stereocenters. The molecule has 1 aromatic rings. The number of rotatable bonds is 14. The lowest BCUT2D eigenvalue weighted by molar-refractivity contribution is -0.122. The van der Waals surface area contributed by atoms with E-state index < -0.39 is 0 Å². The quantitative estimate of drug-likeness (QED) is 0.157. The Bertz CT molecular complexity index is 1120. The number of amides is 1. The number of hydrogen-bond donors (Lipinski definition) is 0. The van der Waals surface area contributed by atoms with E-state index in [0.29, 0.717) is 54.2 Å². The Morgan fingerprint density at radius 3 is 2.18 bits per heavy atom. The zero-order chi connectivity index (χ0) is 27.5. The highest BCUT2D eigenvalue weighted by Gasteiger charge is 2.33. The zero-order valence-corrected chi connectivity index (χ0v) is 24.9. The third-order valence-electron chi connectivity index (χ3n) is 7.36. The van der Waals surface area contributed by atoms with Gasteiger partial charge in [0.05, 0.1) is 18.1 Å². The summed E-state index contributed by atoms with van der Waals surface area (Å²) in [5.74, 6) is 0.660. The maximum Gasteiger partial charge on any atom is 0.270 e. The van der Waals surface area contributed by atoms with Crippen molar-refractivity contribution in [1.29, 1.82) is 5.26 Å². The fourth-order valence-electron chi connectivity index (χ4n) is 5.13. The smallest absolute Gasteiger partial charge is 0.270 e. The van der Waals surface area contributed by atoms with Gasteiger partial charge in [0.2, 0.25) is 0 Å². The maximum absolute atomic E-state index is 13.4. The number of unbranched alkanes of at least 4 members (excludes halogenated alkanes) is 9. The van der Waals surface area contributed by atoms with Gasteiger partial charge in [-0.15, -0.1) is 0 Å². The molecule has 2 fully saturated rings. The fraction of sp³-hybridized carbons (Fsp3) is 0.655. The van der Waals surface area contributed by atoms with Crippen LogP contribution in [0.1, 0.15) is 94.7 Å². The molecule has 0 saturated carbocycles. The van der Waals surface area contributed by atoms with Crippen molar-refractivity contribution in [3.8, 4) is 6.07 Å². The summed E-state index contributed by atoms with van der Waals surface area (Å²) in [5.41, 5.74) is 1.17. The van der Waals surface area contributed by atoms with Gasteiger partial charge in [-0.05, 0) is 31.9 Å². The van der Waals surface area contributed by atoms with E-state index in [-0.39, 0.29) is 17.0 Å². The standard InChI is InChI=1S/C29H42N4O3S2/c1-4-6-7-8-9-10-11-12-13-14-15-33-28(35)25(38-29(33)37)20-23-22(3)24(21-30)27(34)32(5-2)26(23)31-16-18-36-19-17-31/h20H,4-19H2,1-3H3/b25-20+. The number of carbonyl (C=O) groups excluding carboxylic acids is 1. The normalized spacial score (nSPS) is 17.1. The molecule has 3 heterocycles. The van der Waals surface area contributed by atoms with Crippen LogP contribution in [-0.2, 0) is 16.1 Å². The Hall–Kier alpha value is -2.15. The largest absolute Gasteiger partial charge is 0.378 e. The Morgan fingerprint density at radius 1 is 1.00 bits per heavy atom. The van der Waals surface area contributed by atoms with Gasteiger partial charge in [-0.3, -0.25) is 19.1 Å². The van der Waals surface area contributed by atoms with Crippen LogP contribution in [0.25, 0.3) is 6.08 Å². The number of nitriles is 1. The zero-order valence-electron chi connectivity index (χ0n) is 23.2. The molecule has 0 aliphatic carbocycles. The highest BCUT2D eigenvalue weighted by Crippen LogP contribution is 2.36. The van der Waals surface area contributed by atoms with Gasteiger partial charge in [-0.25, -0.2) is 0 Å². The van der Waals surface area contributed by atoms with Crippen molar-refractivity contribution >= 4 is 46.1 Å². The van der Waals surface area contributed by atoms with Gasteiger partial charge in [-0.1, -0.05) is 88.7 Å². The number of anilines is 1. The number of nitrogens with zero attached hydrogens (tertiary/aromatic N) is 4. The molecular weight excluding hydrogens is 516 g/mol. The summed E-state index contributed by atoms with van der Waals surface area (Å²) in [6.07, 6.45) is 14.3. The number of aromatic nitrogens is 1. The third-order valence-corrected chi connectivity index (χ3v) is 8.74. The van der Waals surface area contributed by atoms with Crippen LogP contribution in [-0.4, -0.2) is 52.5 Å². The molecule has 0 aromatic carbocycles. The van der Waals surface area contributed by atoms with E-state index >= 15 is 0 Å². The molecule has 9 heteroatoms. The first-order chi connectivity index (χ1) is 18.4.